The number of carbonyl (C=O) groups excluding carboxylic acids is 1. The first-order valence-electron chi connectivity index (χ1n) is 5.63. The van der Waals surface area contributed by atoms with Gasteiger partial charge in [-0.25, -0.2) is 4.79 Å². The normalized spacial score (nSPS) is 10.9. The summed E-state index contributed by atoms with van der Waals surface area (Å²) >= 11 is 4.20. The van der Waals surface area contributed by atoms with Gasteiger partial charge in [0.15, 0.2) is 0 Å². The first-order valence-corrected chi connectivity index (χ1v) is 6.27. The molecule has 0 aromatic heterocycles. The lowest BCUT2D eigenvalue weighted by molar-refractivity contribution is 0.0636. The van der Waals surface area contributed by atoms with Crippen LogP contribution in [0, 0.1) is 0 Å². The van der Waals surface area contributed by atoms with Crippen molar-refractivity contribution in [2.75, 3.05) is 12.4 Å². The second-order valence-electron chi connectivity index (χ2n) is 4.81. The fourth-order valence-corrected chi connectivity index (χ4v) is 1.64. The average molecular weight is 269 g/mol. The number of ether oxygens (including phenoxy) is 2. The van der Waals surface area contributed by atoms with Crippen LogP contribution in [0.4, 0.5) is 10.5 Å². The minimum atomic E-state index is -0.515. The molecule has 5 heteroatoms. The monoisotopic (exact) mass is 269 g/mol. The van der Waals surface area contributed by atoms with E-state index in [2.05, 4.69) is 17.9 Å². The molecule has 0 saturated carbocycles. The van der Waals surface area contributed by atoms with Gasteiger partial charge >= 0.3 is 6.09 Å². The summed E-state index contributed by atoms with van der Waals surface area (Å²) in [6.07, 6.45) is -0.483. The summed E-state index contributed by atoms with van der Waals surface area (Å²) in [4.78, 5) is 11.6. The van der Waals surface area contributed by atoms with Gasteiger partial charge < -0.3 is 9.47 Å². The van der Waals surface area contributed by atoms with Crippen LogP contribution in [-0.4, -0.2) is 18.8 Å². The van der Waals surface area contributed by atoms with Crippen LogP contribution in [0.15, 0.2) is 18.2 Å². The third-order valence-electron chi connectivity index (χ3n) is 2.10. The number of anilines is 1. The molecule has 0 radical (unpaired) electrons. The van der Waals surface area contributed by atoms with E-state index in [4.69, 9.17) is 9.47 Å². The number of methoxy groups -OCH3 is 1. The molecule has 0 heterocycles. The highest BCUT2D eigenvalue weighted by Gasteiger charge is 2.16. The maximum absolute atomic E-state index is 11.6. The summed E-state index contributed by atoms with van der Waals surface area (Å²) in [5.74, 6) is 1.27. The third-order valence-corrected chi connectivity index (χ3v) is 2.44. The molecular formula is C13H19NO3S. The van der Waals surface area contributed by atoms with E-state index in [1.165, 1.54) is 0 Å². The van der Waals surface area contributed by atoms with E-state index in [-0.39, 0.29) is 0 Å². The second-order valence-corrected chi connectivity index (χ2v) is 5.13. The highest BCUT2D eigenvalue weighted by atomic mass is 32.1. The zero-order valence-corrected chi connectivity index (χ0v) is 12.0. The average Bonchev–Trinajstić information content (AvgIpc) is 2.26. The molecule has 1 N–H and O–H groups in total. The topological polar surface area (TPSA) is 47.6 Å². The molecule has 1 aromatic rings. The van der Waals surface area contributed by atoms with Crippen LogP contribution in [0.3, 0.4) is 0 Å². The summed E-state index contributed by atoms with van der Waals surface area (Å²) in [6.45, 7) is 5.45. The molecule has 1 rings (SSSR count). The van der Waals surface area contributed by atoms with Crippen molar-refractivity contribution in [3.05, 3.63) is 23.8 Å². The molecule has 0 atom stereocenters. The highest BCUT2D eigenvalue weighted by Crippen LogP contribution is 2.24. The minimum Gasteiger partial charge on any atom is -0.496 e. The van der Waals surface area contributed by atoms with Crippen LogP contribution in [0.25, 0.3) is 0 Å². The number of amides is 1. The molecule has 0 fully saturated rings. The molecule has 100 valence electrons. The van der Waals surface area contributed by atoms with Crippen LogP contribution < -0.4 is 10.1 Å². The summed E-state index contributed by atoms with van der Waals surface area (Å²) in [5, 5.41) is 2.66. The summed E-state index contributed by atoms with van der Waals surface area (Å²) in [6, 6.07) is 5.39. The van der Waals surface area contributed by atoms with Crippen molar-refractivity contribution in [2.24, 2.45) is 0 Å². The second kappa shape index (κ2) is 6.00. The van der Waals surface area contributed by atoms with Crippen molar-refractivity contribution in [3.63, 3.8) is 0 Å². The van der Waals surface area contributed by atoms with Gasteiger partial charge in [-0.15, -0.1) is 0 Å². The van der Waals surface area contributed by atoms with Crippen molar-refractivity contribution in [1.29, 1.82) is 0 Å². The number of nitrogens with one attached hydrogen (secondary N) is 1. The smallest absolute Gasteiger partial charge is 0.412 e. The Morgan fingerprint density at radius 3 is 2.56 bits per heavy atom. The predicted octanol–water partition coefficient (Wildman–Crippen LogP) is 3.47. The molecule has 1 amide bonds. The molecule has 0 bridgehead atoms. The quantitative estimate of drug-likeness (QED) is 0.826. The maximum atomic E-state index is 11.6. The van der Waals surface area contributed by atoms with Crippen molar-refractivity contribution >= 4 is 24.4 Å². The molecule has 0 unspecified atom stereocenters. The first-order chi connectivity index (χ1) is 8.35. The molecule has 0 saturated heterocycles. The van der Waals surface area contributed by atoms with Crippen LogP contribution in [0.5, 0.6) is 5.75 Å². The van der Waals surface area contributed by atoms with Crippen molar-refractivity contribution in [2.45, 2.75) is 32.1 Å². The van der Waals surface area contributed by atoms with Gasteiger partial charge in [-0.05, 0) is 26.8 Å². The first kappa shape index (κ1) is 14.7. The van der Waals surface area contributed by atoms with E-state index < -0.39 is 11.7 Å². The summed E-state index contributed by atoms with van der Waals surface area (Å²) in [7, 11) is 1.58. The number of carbonyl (C=O) groups is 1. The maximum Gasteiger partial charge on any atom is 0.412 e. The van der Waals surface area contributed by atoms with Gasteiger partial charge in [-0.2, -0.15) is 12.6 Å². The molecule has 0 aliphatic rings. The van der Waals surface area contributed by atoms with Gasteiger partial charge in [-0.1, -0.05) is 6.07 Å². The molecular weight excluding hydrogens is 250 g/mol. The van der Waals surface area contributed by atoms with E-state index in [1.54, 1.807) is 19.2 Å². The lowest BCUT2D eigenvalue weighted by Gasteiger charge is -2.20. The van der Waals surface area contributed by atoms with Crippen molar-refractivity contribution < 1.29 is 14.3 Å². The molecule has 0 aliphatic heterocycles. The van der Waals surface area contributed by atoms with Gasteiger partial charge in [0.05, 0.1) is 7.11 Å². The molecule has 4 nitrogen and oxygen atoms in total. The summed E-state index contributed by atoms with van der Waals surface area (Å²) in [5.41, 5.74) is 1.08. The molecule has 0 spiro atoms. The molecule has 1 aromatic carbocycles. The Morgan fingerprint density at radius 2 is 2.06 bits per heavy atom. The Morgan fingerprint density at radius 1 is 1.39 bits per heavy atom. The van der Waals surface area contributed by atoms with E-state index in [0.29, 0.717) is 17.2 Å². The number of thiol groups is 1. The van der Waals surface area contributed by atoms with Crippen LogP contribution in [0.1, 0.15) is 26.3 Å². The minimum absolute atomic E-state index is 0.483. The number of benzene rings is 1. The Kier molecular flexibility index (Phi) is 4.90. The molecule has 18 heavy (non-hydrogen) atoms. The van der Waals surface area contributed by atoms with E-state index >= 15 is 0 Å². The van der Waals surface area contributed by atoms with Crippen molar-refractivity contribution in [1.82, 2.24) is 0 Å². The van der Waals surface area contributed by atoms with E-state index in [0.717, 1.165) is 5.56 Å². The number of hydrogen-bond acceptors (Lipinski definition) is 4. The van der Waals surface area contributed by atoms with Crippen LogP contribution in [0.2, 0.25) is 0 Å². The van der Waals surface area contributed by atoms with E-state index in [9.17, 15) is 4.79 Å². The molecule has 0 aliphatic carbocycles. The van der Waals surface area contributed by atoms with Crippen LogP contribution in [-0.2, 0) is 10.5 Å². The summed E-state index contributed by atoms with van der Waals surface area (Å²) < 4.78 is 10.4. The Labute approximate surface area is 113 Å². The standard InChI is InChI=1S/C13H19NO3S/c1-13(2,3)17-12(15)14-10-6-5-9(8-18)11(7-10)16-4/h5-7,18H,8H2,1-4H3,(H,14,15). The van der Waals surface area contributed by atoms with Gasteiger partial charge in [-0.3, -0.25) is 5.32 Å². The lowest BCUT2D eigenvalue weighted by Crippen LogP contribution is -2.27. The highest BCUT2D eigenvalue weighted by molar-refractivity contribution is 7.79. The fraction of sp³-hybridized carbons (Fsp3) is 0.462. The van der Waals surface area contributed by atoms with Gasteiger partial charge in [0.1, 0.15) is 11.4 Å². The van der Waals surface area contributed by atoms with Gasteiger partial charge in [0, 0.05) is 23.1 Å². The Balaban J connectivity index is 2.76. The fourth-order valence-electron chi connectivity index (χ4n) is 1.37. The lowest BCUT2D eigenvalue weighted by atomic mass is 10.2. The zero-order valence-electron chi connectivity index (χ0n) is 11.1. The van der Waals surface area contributed by atoms with Gasteiger partial charge in [0.25, 0.3) is 0 Å². The predicted molar refractivity (Wildman–Crippen MR) is 75.5 cm³/mol. The van der Waals surface area contributed by atoms with Crippen molar-refractivity contribution in [3.8, 4) is 5.75 Å². The Hall–Kier alpha value is -1.36. The van der Waals surface area contributed by atoms with Gasteiger partial charge in [0.2, 0.25) is 0 Å². The largest absolute Gasteiger partial charge is 0.496 e. The number of rotatable bonds is 3. The third kappa shape index (κ3) is 4.49. The van der Waals surface area contributed by atoms with E-state index in [1.807, 2.05) is 26.8 Å². The zero-order chi connectivity index (χ0) is 13.8. The Bertz CT molecular complexity index is 427. The van der Waals surface area contributed by atoms with Crippen LogP contribution >= 0.6 is 12.6 Å². The SMILES string of the molecule is COc1cc(NC(=O)OC(C)(C)C)ccc1CS. The number of hydrogen-bond donors (Lipinski definition) is 2.